The summed E-state index contributed by atoms with van der Waals surface area (Å²) < 4.78 is 40.2. The minimum Gasteiger partial charge on any atom is -0.497 e. The first kappa shape index (κ1) is 22.0. The number of aromatic nitrogens is 4. The van der Waals surface area contributed by atoms with Gasteiger partial charge in [-0.2, -0.15) is 9.40 Å². The van der Waals surface area contributed by atoms with Crippen LogP contribution in [0, 0.1) is 13.8 Å². The fourth-order valence-electron chi connectivity index (χ4n) is 3.77. The molecule has 1 aromatic carbocycles. The fraction of sp³-hybridized carbons (Fsp3) is 0.381. The van der Waals surface area contributed by atoms with Gasteiger partial charge in [-0.15, -0.1) is 0 Å². The number of benzene rings is 1. The Kier molecular flexibility index (Phi) is 6.02. The van der Waals surface area contributed by atoms with Crippen molar-refractivity contribution in [1.82, 2.24) is 24.1 Å². The Bertz CT molecular complexity index is 1220. The lowest BCUT2D eigenvalue weighted by atomic mass is 10.3. The number of anilines is 1. The fourth-order valence-corrected chi connectivity index (χ4v) is 5.33. The maximum atomic E-state index is 13.2. The first-order valence-corrected chi connectivity index (χ1v) is 11.6. The Morgan fingerprint density at radius 3 is 2.25 bits per heavy atom. The lowest BCUT2D eigenvalue weighted by molar-refractivity contribution is 0.369. The number of piperazine rings is 1. The Hall–Kier alpha value is -3.18. The van der Waals surface area contributed by atoms with Gasteiger partial charge in [0.1, 0.15) is 28.5 Å². The van der Waals surface area contributed by atoms with E-state index in [2.05, 4.69) is 15.1 Å². The summed E-state index contributed by atoms with van der Waals surface area (Å²) in [7, 11) is -0.741. The monoisotopic (exact) mass is 458 g/mol. The molecule has 170 valence electrons. The number of aryl methyl sites for hydroxylation is 2. The number of rotatable bonds is 6. The zero-order valence-corrected chi connectivity index (χ0v) is 19.3. The van der Waals surface area contributed by atoms with Crippen molar-refractivity contribution >= 4 is 15.8 Å². The summed E-state index contributed by atoms with van der Waals surface area (Å²) in [5, 5.41) is 4.47. The van der Waals surface area contributed by atoms with Crippen LogP contribution in [0.25, 0.3) is 5.82 Å². The zero-order chi connectivity index (χ0) is 22.9. The maximum absolute atomic E-state index is 13.2. The molecular weight excluding hydrogens is 432 g/mol. The molecule has 0 bridgehead atoms. The van der Waals surface area contributed by atoms with Crippen molar-refractivity contribution in [1.29, 1.82) is 0 Å². The van der Waals surface area contributed by atoms with Crippen molar-refractivity contribution in [2.45, 2.75) is 18.7 Å². The standard InChI is InChI=1S/C21H26N6O4S/c1-15-11-16(2)27(24-15)21-13-20(22-14-23-21)25-7-9-26(10-8-25)32(28,29)19-6-5-17(30-3)12-18(19)31-4/h5-6,11-14H,7-10H2,1-4H3. The highest BCUT2D eigenvalue weighted by Gasteiger charge is 2.31. The number of hydrogen-bond donors (Lipinski definition) is 0. The van der Waals surface area contributed by atoms with Gasteiger partial charge in [-0.1, -0.05) is 0 Å². The summed E-state index contributed by atoms with van der Waals surface area (Å²) in [4.78, 5) is 10.9. The van der Waals surface area contributed by atoms with Crippen molar-refractivity contribution in [2.24, 2.45) is 0 Å². The highest BCUT2D eigenvalue weighted by molar-refractivity contribution is 7.89. The second-order valence-corrected chi connectivity index (χ2v) is 9.39. The molecule has 11 heteroatoms. The second-order valence-electron chi connectivity index (χ2n) is 7.48. The summed E-state index contributed by atoms with van der Waals surface area (Å²) in [5.41, 5.74) is 1.90. The third-order valence-electron chi connectivity index (χ3n) is 5.42. The van der Waals surface area contributed by atoms with Gasteiger partial charge < -0.3 is 14.4 Å². The second kappa shape index (κ2) is 8.75. The lowest BCUT2D eigenvalue weighted by Gasteiger charge is -2.34. The molecule has 0 atom stereocenters. The van der Waals surface area contributed by atoms with Crippen LogP contribution in [-0.2, 0) is 10.0 Å². The molecule has 2 aromatic heterocycles. The number of hydrogen-bond acceptors (Lipinski definition) is 8. The van der Waals surface area contributed by atoms with Gasteiger partial charge in [0.15, 0.2) is 5.82 Å². The molecule has 1 saturated heterocycles. The predicted octanol–water partition coefficient (Wildman–Crippen LogP) is 1.81. The third kappa shape index (κ3) is 4.13. The van der Waals surface area contributed by atoms with Gasteiger partial charge in [0.2, 0.25) is 10.0 Å². The van der Waals surface area contributed by atoms with E-state index in [1.807, 2.05) is 30.9 Å². The number of methoxy groups -OCH3 is 2. The molecule has 32 heavy (non-hydrogen) atoms. The number of ether oxygens (including phenoxy) is 2. The number of sulfonamides is 1. The molecule has 0 unspecified atom stereocenters. The predicted molar refractivity (Wildman–Crippen MR) is 119 cm³/mol. The average Bonchev–Trinajstić information content (AvgIpc) is 3.16. The van der Waals surface area contributed by atoms with Crippen molar-refractivity contribution in [3.63, 3.8) is 0 Å². The van der Waals surface area contributed by atoms with Crippen LogP contribution < -0.4 is 14.4 Å². The van der Waals surface area contributed by atoms with E-state index in [1.54, 1.807) is 16.8 Å². The van der Waals surface area contributed by atoms with Crippen molar-refractivity contribution < 1.29 is 17.9 Å². The maximum Gasteiger partial charge on any atom is 0.246 e. The van der Waals surface area contributed by atoms with Crippen molar-refractivity contribution in [3.05, 3.63) is 48.0 Å². The van der Waals surface area contributed by atoms with E-state index < -0.39 is 10.0 Å². The molecule has 0 radical (unpaired) electrons. The number of nitrogens with zero attached hydrogens (tertiary/aromatic N) is 6. The summed E-state index contributed by atoms with van der Waals surface area (Å²) in [6, 6.07) is 8.57. The molecule has 1 aliphatic rings. The van der Waals surface area contributed by atoms with Gasteiger partial charge in [0, 0.05) is 44.0 Å². The van der Waals surface area contributed by atoms with Crippen LogP contribution >= 0.6 is 0 Å². The summed E-state index contributed by atoms with van der Waals surface area (Å²) in [5.74, 6) is 2.21. The van der Waals surface area contributed by atoms with Crippen LogP contribution in [0.2, 0.25) is 0 Å². The molecule has 4 rings (SSSR count). The summed E-state index contributed by atoms with van der Waals surface area (Å²) >= 11 is 0. The normalized spacial score (nSPS) is 15.1. The van der Waals surface area contributed by atoms with Gasteiger partial charge in [0.25, 0.3) is 0 Å². The van der Waals surface area contributed by atoms with Crippen LogP contribution in [0.4, 0.5) is 5.82 Å². The zero-order valence-electron chi connectivity index (χ0n) is 18.5. The Labute approximate surface area is 187 Å². The quantitative estimate of drug-likeness (QED) is 0.551. The van der Waals surface area contributed by atoms with Crippen LogP contribution in [0.3, 0.4) is 0 Å². The van der Waals surface area contributed by atoms with Crippen LogP contribution in [0.5, 0.6) is 11.5 Å². The first-order chi connectivity index (χ1) is 15.3. The molecule has 1 fully saturated rings. The van der Waals surface area contributed by atoms with Crippen LogP contribution in [-0.4, -0.2) is 72.9 Å². The van der Waals surface area contributed by atoms with Crippen molar-refractivity contribution in [2.75, 3.05) is 45.3 Å². The molecule has 0 aliphatic carbocycles. The van der Waals surface area contributed by atoms with Crippen LogP contribution in [0.1, 0.15) is 11.4 Å². The largest absolute Gasteiger partial charge is 0.497 e. The Balaban J connectivity index is 1.51. The first-order valence-electron chi connectivity index (χ1n) is 10.2. The molecule has 10 nitrogen and oxygen atoms in total. The summed E-state index contributed by atoms with van der Waals surface area (Å²) in [6.45, 7) is 5.58. The van der Waals surface area contributed by atoms with Crippen LogP contribution in [0.15, 0.2) is 41.6 Å². The molecule has 3 heterocycles. The van der Waals surface area contributed by atoms with Gasteiger partial charge in [-0.3, -0.25) is 0 Å². The molecule has 3 aromatic rings. The van der Waals surface area contributed by atoms with E-state index >= 15 is 0 Å². The lowest BCUT2D eigenvalue weighted by Crippen LogP contribution is -2.49. The van der Waals surface area contributed by atoms with E-state index in [9.17, 15) is 8.42 Å². The molecule has 0 N–H and O–H groups in total. The van der Waals surface area contributed by atoms with E-state index in [0.29, 0.717) is 37.7 Å². The smallest absolute Gasteiger partial charge is 0.246 e. The highest BCUT2D eigenvalue weighted by atomic mass is 32.2. The summed E-state index contributed by atoms with van der Waals surface area (Å²) in [6.07, 6.45) is 1.51. The Morgan fingerprint density at radius 1 is 0.906 bits per heavy atom. The van der Waals surface area contributed by atoms with E-state index in [0.717, 1.165) is 17.2 Å². The molecular formula is C21H26N6O4S. The van der Waals surface area contributed by atoms with Gasteiger partial charge >= 0.3 is 0 Å². The third-order valence-corrected chi connectivity index (χ3v) is 7.35. The van der Waals surface area contributed by atoms with E-state index in [-0.39, 0.29) is 10.6 Å². The minimum atomic E-state index is -3.71. The SMILES string of the molecule is COc1ccc(S(=O)(=O)N2CCN(c3cc(-n4nc(C)cc4C)ncn3)CC2)c(OC)c1. The molecule has 0 amide bonds. The Morgan fingerprint density at radius 2 is 1.62 bits per heavy atom. The van der Waals surface area contributed by atoms with Gasteiger partial charge in [-0.05, 0) is 32.0 Å². The topological polar surface area (TPSA) is 103 Å². The molecule has 0 saturated carbocycles. The average molecular weight is 459 g/mol. The van der Waals surface area contributed by atoms with Gasteiger partial charge in [-0.25, -0.2) is 23.1 Å². The van der Waals surface area contributed by atoms with Gasteiger partial charge in [0.05, 0.1) is 19.9 Å². The van der Waals surface area contributed by atoms with E-state index in [4.69, 9.17) is 9.47 Å². The van der Waals surface area contributed by atoms with E-state index in [1.165, 1.54) is 30.9 Å². The van der Waals surface area contributed by atoms with Crippen molar-refractivity contribution in [3.8, 4) is 17.3 Å². The highest BCUT2D eigenvalue weighted by Crippen LogP contribution is 2.31. The molecule has 0 spiro atoms. The minimum absolute atomic E-state index is 0.128. The molecule has 1 aliphatic heterocycles.